The highest BCUT2D eigenvalue weighted by atomic mass is 16.5. The van der Waals surface area contributed by atoms with Crippen molar-refractivity contribution < 1.29 is 19.7 Å². The molecule has 0 saturated carbocycles. The number of aliphatic hydroxyl groups excluding tert-OH is 2. The van der Waals surface area contributed by atoms with Gasteiger partial charge < -0.3 is 14.9 Å². The molecule has 0 aliphatic rings. The van der Waals surface area contributed by atoms with Gasteiger partial charge in [-0.05, 0) is 17.5 Å². The fraction of sp³-hybridized carbons (Fsp3) is 0.364. The molecule has 0 heterocycles. The molecule has 1 aromatic rings. The molecule has 0 fully saturated rings. The number of hydrogen-bond acceptors (Lipinski definition) is 4. The van der Waals surface area contributed by atoms with Crippen molar-refractivity contribution in [2.75, 3.05) is 13.7 Å². The van der Waals surface area contributed by atoms with Gasteiger partial charge in [-0.2, -0.15) is 0 Å². The van der Waals surface area contributed by atoms with Crippen LogP contribution >= 0.6 is 0 Å². The molecule has 0 aliphatic heterocycles. The van der Waals surface area contributed by atoms with Crippen molar-refractivity contribution in [1.82, 2.24) is 0 Å². The molecule has 1 atom stereocenters. The maximum absolute atomic E-state index is 11.1. The largest absolute Gasteiger partial charge is 0.467 e. The van der Waals surface area contributed by atoms with Crippen LogP contribution in [-0.2, 0) is 16.0 Å². The Morgan fingerprint density at radius 1 is 1.53 bits per heavy atom. The summed E-state index contributed by atoms with van der Waals surface area (Å²) in [6.07, 6.45) is -0.754. The number of benzene rings is 1. The van der Waals surface area contributed by atoms with Crippen LogP contribution in [0, 0.1) is 0 Å². The Morgan fingerprint density at radius 2 is 2.27 bits per heavy atom. The summed E-state index contributed by atoms with van der Waals surface area (Å²) in [6, 6.07) is 6.87. The van der Waals surface area contributed by atoms with E-state index in [1.807, 2.05) is 6.07 Å². The van der Waals surface area contributed by atoms with E-state index in [9.17, 15) is 9.90 Å². The Labute approximate surface area is 88.1 Å². The van der Waals surface area contributed by atoms with Crippen molar-refractivity contribution in [3.05, 3.63) is 35.4 Å². The fourth-order valence-corrected chi connectivity index (χ4v) is 1.30. The van der Waals surface area contributed by atoms with Crippen molar-refractivity contribution in [1.29, 1.82) is 0 Å². The van der Waals surface area contributed by atoms with E-state index in [0.29, 0.717) is 12.0 Å². The standard InChI is InChI=1S/C11H14O4/c1-15-11(14)10(13)9-4-2-3-8(7-9)5-6-12/h2-4,7,10,12-13H,5-6H2,1H3. The molecule has 0 amide bonds. The minimum absolute atomic E-state index is 0.0395. The Morgan fingerprint density at radius 3 is 2.87 bits per heavy atom. The number of rotatable bonds is 4. The number of ether oxygens (including phenoxy) is 1. The quantitative estimate of drug-likeness (QED) is 0.707. The number of esters is 1. The Kier molecular flexibility index (Phi) is 4.27. The molecular formula is C11H14O4. The third kappa shape index (κ3) is 3.04. The fourth-order valence-electron chi connectivity index (χ4n) is 1.30. The van der Waals surface area contributed by atoms with Gasteiger partial charge in [0.05, 0.1) is 7.11 Å². The van der Waals surface area contributed by atoms with E-state index in [-0.39, 0.29) is 6.61 Å². The number of hydrogen-bond donors (Lipinski definition) is 2. The van der Waals surface area contributed by atoms with Crippen LogP contribution in [0.2, 0.25) is 0 Å². The zero-order valence-electron chi connectivity index (χ0n) is 8.51. The maximum Gasteiger partial charge on any atom is 0.339 e. The lowest BCUT2D eigenvalue weighted by atomic mass is 10.0. The summed E-state index contributed by atoms with van der Waals surface area (Å²) in [5.41, 5.74) is 1.35. The topological polar surface area (TPSA) is 66.8 Å². The van der Waals surface area contributed by atoms with Crippen molar-refractivity contribution in [3.63, 3.8) is 0 Å². The third-order valence-corrected chi connectivity index (χ3v) is 2.09. The highest BCUT2D eigenvalue weighted by molar-refractivity contribution is 5.76. The number of carbonyl (C=O) groups is 1. The molecule has 0 aliphatic carbocycles. The first-order valence-corrected chi connectivity index (χ1v) is 4.64. The third-order valence-electron chi connectivity index (χ3n) is 2.09. The van der Waals surface area contributed by atoms with E-state index in [4.69, 9.17) is 5.11 Å². The van der Waals surface area contributed by atoms with Crippen LogP contribution in [0.15, 0.2) is 24.3 Å². The molecule has 0 radical (unpaired) electrons. The average Bonchev–Trinajstić information content (AvgIpc) is 2.28. The summed E-state index contributed by atoms with van der Waals surface area (Å²) in [4.78, 5) is 11.1. The summed E-state index contributed by atoms with van der Waals surface area (Å²) in [6.45, 7) is 0.0395. The maximum atomic E-state index is 11.1. The molecule has 1 rings (SSSR count). The summed E-state index contributed by atoms with van der Waals surface area (Å²) < 4.78 is 4.43. The van der Waals surface area contributed by atoms with Crippen molar-refractivity contribution in [2.45, 2.75) is 12.5 Å². The lowest BCUT2D eigenvalue weighted by molar-refractivity contribution is -0.150. The van der Waals surface area contributed by atoms with Gasteiger partial charge in [0.2, 0.25) is 0 Å². The predicted molar refractivity (Wildman–Crippen MR) is 54.2 cm³/mol. The number of methoxy groups -OCH3 is 1. The second-order valence-electron chi connectivity index (χ2n) is 3.14. The van der Waals surface area contributed by atoms with Crippen LogP contribution in [0.5, 0.6) is 0 Å². The van der Waals surface area contributed by atoms with Gasteiger partial charge in [-0.25, -0.2) is 4.79 Å². The number of aliphatic hydroxyl groups is 2. The molecule has 1 aromatic carbocycles. The van der Waals surface area contributed by atoms with Gasteiger partial charge in [0.15, 0.2) is 6.10 Å². The van der Waals surface area contributed by atoms with Gasteiger partial charge in [-0.1, -0.05) is 24.3 Å². The van der Waals surface area contributed by atoms with Crippen LogP contribution in [-0.4, -0.2) is 29.9 Å². The normalized spacial score (nSPS) is 12.2. The van der Waals surface area contributed by atoms with Crippen LogP contribution < -0.4 is 0 Å². The van der Waals surface area contributed by atoms with Gasteiger partial charge in [-0.15, -0.1) is 0 Å². The van der Waals surface area contributed by atoms with Crippen LogP contribution in [0.3, 0.4) is 0 Å². The van der Waals surface area contributed by atoms with Crippen molar-refractivity contribution in [2.24, 2.45) is 0 Å². The lowest BCUT2D eigenvalue weighted by Gasteiger charge is -2.09. The molecule has 82 valence electrons. The van der Waals surface area contributed by atoms with Crippen LogP contribution in [0.25, 0.3) is 0 Å². The van der Waals surface area contributed by atoms with Crippen molar-refractivity contribution in [3.8, 4) is 0 Å². The molecule has 0 saturated heterocycles. The Balaban J connectivity index is 2.84. The van der Waals surface area contributed by atoms with Gasteiger partial charge in [0, 0.05) is 6.61 Å². The Hall–Kier alpha value is -1.39. The van der Waals surface area contributed by atoms with Crippen molar-refractivity contribution >= 4 is 5.97 Å². The molecule has 2 N–H and O–H groups in total. The Bertz CT molecular complexity index is 335. The molecule has 0 bridgehead atoms. The average molecular weight is 210 g/mol. The zero-order chi connectivity index (χ0) is 11.3. The first kappa shape index (κ1) is 11.7. The summed E-state index contributed by atoms with van der Waals surface area (Å²) in [5, 5.41) is 18.3. The van der Waals surface area contributed by atoms with E-state index < -0.39 is 12.1 Å². The second kappa shape index (κ2) is 5.48. The van der Waals surface area contributed by atoms with E-state index in [1.54, 1.807) is 18.2 Å². The van der Waals surface area contributed by atoms with Gasteiger partial charge >= 0.3 is 5.97 Å². The molecule has 1 unspecified atom stereocenters. The van der Waals surface area contributed by atoms with E-state index in [2.05, 4.69) is 4.74 Å². The predicted octanol–water partition coefficient (Wildman–Crippen LogP) is 0.428. The molecule has 0 aromatic heterocycles. The number of carbonyl (C=O) groups excluding carboxylic acids is 1. The SMILES string of the molecule is COC(=O)C(O)c1cccc(CCO)c1. The van der Waals surface area contributed by atoms with E-state index in [0.717, 1.165) is 5.56 Å². The first-order chi connectivity index (χ1) is 7.19. The minimum atomic E-state index is -1.26. The highest BCUT2D eigenvalue weighted by Crippen LogP contribution is 2.16. The summed E-state index contributed by atoms with van der Waals surface area (Å²) in [5.74, 6) is -0.684. The first-order valence-electron chi connectivity index (χ1n) is 4.64. The molecule has 0 spiro atoms. The summed E-state index contributed by atoms with van der Waals surface area (Å²) in [7, 11) is 1.23. The molecule has 15 heavy (non-hydrogen) atoms. The highest BCUT2D eigenvalue weighted by Gasteiger charge is 2.17. The molecular weight excluding hydrogens is 196 g/mol. The van der Waals surface area contributed by atoms with E-state index in [1.165, 1.54) is 7.11 Å². The molecule has 4 heteroatoms. The lowest BCUT2D eigenvalue weighted by Crippen LogP contribution is -2.13. The summed E-state index contributed by atoms with van der Waals surface area (Å²) >= 11 is 0. The zero-order valence-corrected chi connectivity index (χ0v) is 8.51. The second-order valence-corrected chi connectivity index (χ2v) is 3.14. The van der Waals surface area contributed by atoms with Crippen LogP contribution in [0.4, 0.5) is 0 Å². The van der Waals surface area contributed by atoms with Gasteiger partial charge in [0.25, 0.3) is 0 Å². The van der Waals surface area contributed by atoms with Gasteiger partial charge in [0.1, 0.15) is 0 Å². The van der Waals surface area contributed by atoms with Gasteiger partial charge in [-0.3, -0.25) is 0 Å². The van der Waals surface area contributed by atoms with Crippen LogP contribution in [0.1, 0.15) is 17.2 Å². The smallest absolute Gasteiger partial charge is 0.339 e. The monoisotopic (exact) mass is 210 g/mol. The van der Waals surface area contributed by atoms with E-state index >= 15 is 0 Å². The molecule has 4 nitrogen and oxygen atoms in total. The minimum Gasteiger partial charge on any atom is -0.467 e.